The van der Waals surface area contributed by atoms with Crippen molar-refractivity contribution in [3.63, 3.8) is 0 Å². The smallest absolute Gasteiger partial charge is 0.260 e. The summed E-state index contributed by atoms with van der Waals surface area (Å²) in [6.45, 7) is 0.274. The Hall–Kier alpha value is -13.8. The molecule has 0 saturated carbocycles. The molecule has 18 aromatic rings. The van der Waals surface area contributed by atoms with Crippen LogP contribution in [0.2, 0.25) is 0 Å². The summed E-state index contributed by atoms with van der Waals surface area (Å²) in [6.07, 6.45) is 2.10. The third-order valence-corrected chi connectivity index (χ3v) is 21.8. The molecule has 15 aromatic carbocycles. The van der Waals surface area contributed by atoms with E-state index in [9.17, 15) is 0 Å². The molecule has 6 aliphatic heterocycles. The van der Waals surface area contributed by atoms with E-state index >= 15 is 0 Å². The molecule has 0 N–H and O–H groups in total. The van der Waals surface area contributed by atoms with Crippen LogP contribution in [0, 0.1) is 0 Å². The Bertz CT molecular complexity index is 6450. The molecule has 6 aliphatic rings. The predicted molar refractivity (Wildman–Crippen MR) is 431 cm³/mol. The van der Waals surface area contributed by atoms with Gasteiger partial charge in [0.1, 0.15) is 69.0 Å². The maximum atomic E-state index is 6.54. The van der Waals surface area contributed by atoms with Gasteiger partial charge >= 0.3 is 0 Å². The Labute approximate surface area is 611 Å². The van der Waals surface area contributed by atoms with Gasteiger partial charge in [0.25, 0.3) is 20.1 Å². The van der Waals surface area contributed by atoms with E-state index in [0.717, 1.165) is 130 Å². The van der Waals surface area contributed by atoms with Crippen molar-refractivity contribution in [1.82, 2.24) is 13.7 Å². The Morgan fingerprint density at radius 3 is 1.04 bits per heavy atom. The van der Waals surface area contributed by atoms with E-state index in [1.54, 1.807) is 0 Å². The highest BCUT2D eigenvalue weighted by molar-refractivity contribution is 6.99. The summed E-state index contributed by atoms with van der Waals surface area (Å²) in [5.41, 5.74) is 22.7. The summed E-state index contributed by atoms with van der Waals surface area (Å²) < 4.78 is 45.8. The first-order chi connectivity index (χ1) is 52.5. The van der Waals surface area contributed by atoms with Gasteiger partial charge in [0.15, 0.2) is 0 Å². The van der Waals surface area contributed by atoms with E-state index in [4.69, 9.17) is 28.4 Å². The van der Waals surface area contributed by atoms with E-state index in [0.29, 0.717) is 0 Å². The highest BCUT2D eigenvalue weighted by Crippen LogP contribution is 2.44. The van der Waals surface area contributed by atoms with Crippen LogP contribution in [0.25, 0.3) is 83.1 Å². The van der Waals surface area contributed by atoms with E-state index in [2.05, 4.69) is 317 Å². The molecule has 106 heavy (non-hydrogen) atoms. The molecule has 0 amide bonds. The molecule has 0 fully saturated rings. The van der Waals surface area contributed by atoms with Crippen LogP contribution < -0.4 is 77.6 Å². The fourth-order valence-electron chi connectivity index (χ4n) is 17.2. The Balaban J connectivity index is 0.000000100. The highest BCUT2D eigenvalue weighted by atomic mass is 16.5. The molecule has 3 aromatic heterocycles. The van der Waals surface area contributed by atoms with Crippen molar-refractivity contribution in [3.05, 3.63) is 352 Å². The minimum absolute atomic E-state index is 0.0806. The Morgan fingerprint density at radius 1 is 0.208 bits per heavy atom. The van der Waals surface area contributed by atoms with Crippen LogP contribution in [0.4, 0.5) is 0 Å². The number of aromatic nitrogens is 3. The van der Waals surface area contributed by atoms with Crippen LogP contribution in [0.5, 0.6) is 69.0 Å². The number of nitrogens with zero attached hydrogens (tertiary/aromatic N) is 3. The lowest BCUT2D eigenvalue weighted by Gasteiger charge is -2.33. The van der Waals surface area contributed by atoms with Gasteiger partial charge in [-0.2, -0.15) is 0 Å². The summed E-state index contributed by atoms with van der Waals surface area (Å²) in [7, 11) is 0. The van der Waals surface area contributed by atoms with Crippen LogP contribution in [-0.2, 0) is 0 Å². The Morgan fingerprint density at radius 2 is 0.566 bits per heavy atom. The van der Waals surface area contributed by atoms with Gasteiger partial charge < -0.3 is 42.1 Å². The molecule has 0 radical (unpaired) electrons. The highest BCUT2D eigenvalue weighted by Gasteiger charge is 2.44. The van der Waals surface area contributed by atoms with E-state index in [1.807, 2.05) is 48.5 Å². The minimum Gasteiger partial charge on any atom is -0.458 e. The van der Waals surface area contributed by atoms with Gasteiger partial charge in [0, 0.05) is 67.8 Å². The Kier molecular flexibility index (Phi) is 13.5. The zero-order valence-corrected chi connectivity index (χ0v) is 57.0. The van der Waals surface area contributed by atoms with Gasteiger partial charge in [0.2, 0.25) is 0 Å². The lowest BCUT2D eigenvalue weighted by molar-refractivity contribution is 0.464. The molecule has 0 unspecified atom stereocenters. The summed E-state index contributed by atoms with van der Waals surface area (Å²) >= 11 is 0. The molecule has 9 heterocycles. The summed E-state index contributed by atoms with van der Waals surface area (Å²) in [5.74, 6) is 10.6. The molecule has 494 valence electrons. The second-order valence-corrected chi connectivity index (χ2v) is 27.7. The fourth-order valence-corrected chi connectivity index (χ4v) is 17.2. The molecule has 9 nitrogen and oxygen atoms in total. The standard InChI is InChI=1S/C36H22BNO2.C32H20BNO2.C26H16BNO2/c1-2-10-25(11-3-1)38-30-15-7-4-12-26(30)27-19-18-23(20-31(27)38)24-21-34-36-35(22-24)40-33-17-9-6-14-29(33)37(36)28-13-5-8-16-32(28)39-34;1-2-11-23(12-3-1)34-26-15-7-4-10-21(26)18-27(34)22-19-30-32-31(20-22)36-29-17-9-6-14-25(29)33(32)24-13-5-8-16-28(24)35-30;1-4-10-21-17(7-1)13-14-28(21)18-15-24-26-25(16-18)30-23-12-6-3-9-20(23)27(26)19-8-2-5-11-22(19)29-24/h1-22H;1-20H;1-16H. The first-order valence-electron chi connectivity index (χ1n) is 36.0. The zero-order chi connectivity index (χ0) is 69.5. The molecule has 12 heteroatoms. The van der Waals surface area contributed by atoms with Gasteiger partial charge in [-0.1, -0.05) is 212 Å². The van der Waals surface area contributed by atoms with Crippen molar-refractivity contribution in [2.45, 2.75) is 0 Å². The average molecular weight is 1360 g/mol. The van der Waals surface area contributed by atoms with Crippen molar-refractivity contribution in [1.29, 1.82) is 0 Å². The van der Waals surface area contributed by atoms with Crippen LogP contribution in [0.3, 0.4) is 0 Å². The predicted octanol–water partition coefficient (Wildman–Crippen LogP) is 17.6. The monoisotopic (exact) mass is 1360 g/mol. The lowest BCUT2D eigenvalue weighted by atomic mass is 9.35. The van der Waals surface area contributed by atoms with Crippen LogP contribution in [-0.4, -0.2) is 33.8 Å². The number of benzene rings is 15. The maximum Gasteiger partial charge on any atom is 0.260 e. The summed E-state index contributed by atoms with van der Waals surface area (Å²) in [5, 5.41) is 4.88. The first kappa shape index (κ1) is 59.8. The van der Waals surface area contributed by atoms with Gasteiger partial charge in [-0.15, -0.1) is 0 Å². The van der Waals surface area contributed by atoms with E-state index in [1.165, 1.54) is 70.9 Å². The van der Waals surface area contributed by atoms with Crippen molar-refractivity contribution >= 4 is 113 Å². The first-order valence-corrected chi connectivity index (χ1v) is 36.0. The summed E-state index contributed by atoms with van der Waals surface area (Å²) in [4.78, 5) is 0. The van der Waals surface area contributed by atoms with E-state index < -0.39 is 0 Å². The number of para-hydroxylation sites is 11. The topological polar surface area (TPSA) is 70.2 Å². The zero-order valence-electron chi connectivity index (χ0n) is 57.0. The molecular weight excluding hydrogens is 1300 g/mol. The van der Waals surface area contributed by atoms with Crippen LogP contribution in [0.1, 0.15) is 0 Å². The number of rotatable bonds is 5. The van der Waals surface area contributed by atoms with Gasteiger partial charge in [-0.25, -0.2) is 0 Å². The number of hydrogen-bond acceptors (Lipinski definition) is 6. The molecule has 24 rings (SSSR count). The minimum atomic E-state index is 0.0806. The molecular formula is C94H58B3N3O6. The maximum absolute atomic E-state index is 6.54. The lowest BCUT2D eigenvalue weighted by Crippen LogP contribution is -2.57. The molecule has 0 saturated heterocycles. The fraction of sp³-hybridized carbons (Fsp3) is 0. The third kappa shape index (κ3) is 9.47. The van der Waals surface area contributed by atoms with Crippen molar-refractivity contribution in [2.75, 3.05) is 0 Å². The molecule has 0 spiro atoms. The normalized spacial score (nSPS) is 12.9. The van der Waals surface area contributed by atoms with Gasteiger partial charge in [0.05, 0.1) is 33.4 Å². The second kappa shape index (κ2) is 23.9. The molecule has 0 bridgehead atoms. The largest absolute Gasteiger partial charge is 0.458 e. The SMILES string of the molecule is c1ccc(-n2c(-c3cc4c5c(c3)Oc3ccccc3B5c3ccccc3O4)cc3ccccc32)cc1.c1ccc(-n2c3ccccc3c3ccc(-c4cc5c6c(c4)Oc4ccccc4B6c4ccccc4O5)cc32)cc1.c1ccc2c(c1)Oc1cc(-n3ccc4ccccc43)cc3c1B2c1ccccc1O3. The van der Waals surface area contributed by atoms with Crippen molar-refractivity contribution in [3.8, 4) is 108 Å². The molecule has 0 aliphatic carbocycles. The van der Waals surface area contributed by atoms with Gasteiger partial charge in [-0.3, -0.25) is 0 Å². The number of ether oxygens (including phenoxy) is 6. The van der Waals surface area contributed by atoms with Crippen molar-refractivity contribution < 1.29 is 28.4 Å². The van der Waals surface area contributed by atoms with E-state index in [-0.39, 0.29) is 20.1 Å². The number of hydrogen-bond donors (Lipinski definition) is 0. The van der Waals surface area contributed by atoms with Crippen LogP contribution in [0.15, 0.2) is 352 Å². The summed E-state index contributed by atoms with van der Waals surface area (Å²) in [6, 6.07) is 121. The average Bonchev–Trinajstić information content (AvgIpc) is 1.03. The van der Waals surface area contributed by atoms with Gasteiger partial charge in [-0.05, 0) is 171 Å². The third-order valence-electron chi connectivity index (χ3n) is 21.8. The number of fused-ring (bicyclic) bond motifs is 17. The van der Waals surface area contributed by atoms with Crippen molar-refractivity contribution in [2.24, 2.45) is 0 Å². The molecule has 0 atom stereocenters. The van der Waals surface area contributed by atoms with Crippen LogP contribution >= 0.6 is 0 Å². The quantitative estimate of drug-likeness (QED) is 0.160. The second-order valence-electron chi connectivity index (χ2n) is 27.7.